The van der Waals surface area contributed by atoms with Gasteiger partial charge >= 0.3 is 0 Å². The maximum Gasteiger partial charge on any atom is 0.224 e. The number of fused-ring (bicyclic) bond motifs is 3. The normalized spacial score (nSPS) is 13.9. The van der Waals surface area contributed by atoms with Crippen molar-refractivity contribution in [3.8, 4) is 0 Å². The Balaban J connectivity index is 1.71. The number of hydrogen-bond acceptors (Lipinski definition) is 7. The quantitative estimate of drug-likeness (QED) is 0.666. The van der Waals surface area contributed by atoms with Crippen LogP contribution >= 0.6 is 11.3 Å². The lowest BCUT2D eigenvalue weighted by atomic mass is 10.1. The second kappa shape index (κ2) is 7.96. The van der Waals surface area contributed by atoms with Gasteiger partial charge in [-0.25, -0.2) is 9.97 Å². The highest BCUT2D eigenvalue weighted by Crippen LogP contribution is 2.38. The summed E-state index contributed by atoms with van der Waals surface area (Å²) in [5, 5.41) is 7.58. The zero-order valence-electron chi connectivity index (χ0n) is 17.2. The zero-order chi connectivity index (χ0) is 20.5. The van der Waals surface area contributed by atoms with E-state index in [0.29, 0.717) is 6.42 Å². The van der Waals surface area contributed by atoms with Gasteiger partial charge in [-0.05, 0) is 37.2 Å². The minimum Gasteiger partial charge on any atom is -0.376 e. The first kappa shape index (κ1) is 19.6. The monoisotopic (exact) mass is 410 g/mol. The molecule has 0 radical (unpaired) electrons. The van der Waals surface area contributed by atoms with Crippen LogP contribution in [0.3, 0.4) is 0 Å². The van der Waals surface area contributed by atoms with Crippen molar-refractivity contribution in [3.05, 3.63) is 35.0 Å². The summed E-state index contributed by atoms with van der Waals surface area (Å²) >= 11 is 1.75. The molecule has 1 aliphatic rings. The minimum absolute atomic E-state index is 0.00861. The largest absolute Gasteiger partial charge is 0.376 e. The molecule has 0 spiro atoms. The van der Waals surface area contributed by atoms with Crippen molar-refractivity contribution in [1.82, 2.24) is 14.9 Å². The second-order valence-corrected chi connectivity index (χ2v) is 8.63. The summed E-state index contributed by atoms with van der Waals surface area (Å²) in [6.07, 6.45) is 3.06. The number of carbonyl (C=O) groups is 1. The number of amides is 1. The number of thiophene rings is 1. The molecule has 2 aromatic heterocycles. The molecular weight excluding hydrogens is 384 g/mol. The topological polar surface area (TPSA) is 73.4 Å². The third-order valence-electron chi connectivity index (χ3n) is 5.16. The molecule has 4 rings (SSSR count). The lowest BCUT2D eigenvalue weighted by Crippen LogP contribution is -2.25. The number of carbonyl (C=O) groups excluding carboxylic acids is 1. The molecule has 0 aliphatic carbocycles. The molecule has 7 nitrogen and oxygen atoms in total. The Labute approximate surface area is 174 Å². The smallest absolute Gasteiger partial charge is 0.224 e. The molecule has 1 amide bonds. The zero-order valence-corrected chi connectivity index (χ0v) is 18.1. The number of anilines is 4. The summed E-state index contributed by atoms with van der Waals surface area (Å²) < 4.78 is 0. The highest BCUT2D eigenvalue weighted by molar-refractivity contribution is 7.19. The van der Waals surface area contributed by atoms with Crippen molar-refractivity contribution < 1.29 is 4.79 Å². The summed E-state index contributed by atoms with van der Waals surface area (Å²) in [4.78, 5) is 27.7. The molecule has 1 aromatic carbocycles. The Bertz CT molecular complexity index is 1060. The van der Waals surface area contributed by atoms with E-state index in [1.165, 1.54) is 10.4 Å². The lowest BCUT2D eigenvalue weighted by molar-refractivity contribution is -0.115. The van der Waals surface area contributed by atoms with Crippen LogP contribution in [0.2, 0.25) is 0 Å². The molecule has 0 unspecified atom stereocenters. The maximum absolute atomic E-state index is 12.0. The van der Waals surface area contributed by atoms with Gasteiger partial charge in [0.05, 0.1) is 16.8 Å². The first-order chi connectivity index (χ1) is 14.0. The maximum atomic E-state index is 12.0. The van der Waals surface area contributed by atoms with E-state index in [-0.39, 0.29) is 5.91 Å². The van der Waals surface area contributed by atoms with E-state index >= 15 is 0 Å². The molecular formula is C21H26N6OS. The van der Waals surface area contributed by atoms with Gasteiger partial charge in [-0.1, -0.05) is 6.92 Å². The van der Waals surface area contributed by atoms with Gasteiger partial charge in [0.15, 0.2) is 0 Å². The van der Waals surface area contributed by atoms with Gasteiger partial charge in [-0.3, -0.25) is 4.79 Å². The summed E-state index contributed by atoms with van der Waals surface area (Å²) in [7, 11) is 6.08. The van der Waals surface area contributed by atoms with Gasteiger partial charge in [0.2, 0.25) is 5.91 Å². The fourth-order valence-corrected chi connectivity index (χ4v) is 4.90. The van der Waals surface area contributed by atoms with Crippen LogP contribution in [0.1, 0.15) is 23.8 Å². The number of nitrogens with zero attached hydrogens (tertiary/aromatic N) is 4. The first-order valence-corrected chi connectivity index (χ1v) is 10.6. The van der Waals surface area contributed by atoms with Gasteiger partial charge in [-0.2, -0.15) is 0 Å². The fourth-order valence-electron chi connectivity index (χ4n) is 3.63. The van der Waals surface area contributed by atoms with E-state index < -0.39 is 0 Å². The van der Waals surface area contributed by atoms with Crippen LogP contribution in [-0.2, 0) is 17.8 Å². The van der Waals surface area contributed by atoms with Crippen molar-refractivity contribution in [1.29, 1.82) is 0 Å². The number of hydrogen-bond donors (Lipinski definition) is 2. The molecule has 0 atom stereocenters. The van der Waals surface area contributed by atoms with E-state index in [4.69, 9.17) is 0 Å². The Morgan fingerprint density at radius 1 is 1.31 bits per heavy atom. The van der Waals surface area contributed by atoms with Crippen molar-refractivity contribution >= 4 is 50.3 Å². The predicted octanol–water partition coefficient (Wildman–Crippen LogP) is 3.84. The van der Waals surface area contributed by atoms with Crippen LogP contribution in [0.25, 0.3) is 10.2 Å². The SMILES string of the molecule is CCC(=O)Nc1cc(Nc2ncnc3sc4c(c23)CCN(C)C4)ccc1N(C)C. The fraction of sp³-hybridized carbons (Fsp3) is 0.381. The lowest BCUT2D eigenvalue weighted by Gasteiger charge is -2.22. The summed E-state index contributed by atoms with van der Waals surface area (Å²) in [5.41, 5.74) is 3.98. The number of aromatic nitrogens is 2. The van der Waals surface area contributed by atoms with Gasteiger partial charge in [0.25, 0.3) is 0 Å². The van der Waals surface area contributed by atoms with Crippen molar-refractivity contribution in [2.24, 2.45) is 0 Å². The second-order valence-electron chi connectivity index (χ2n) is 7.55. The molecule has 8 heteroatoms. The molecule has 152 valence electrons. The molecule has 1 aliphatic heterocycles. The van der Waals surface area contributed by atoms with E-state index in [0.717, 1.165) is 52.6 Å². The Kier molecular flexibility index (Phi) is 5.38. The minimum atomic E-state index is -0.00861. The van der Waals surface area contributed by atoms with Crippen LogP contribution in [0, 0.1) is 0 Å². The molecule has 0 saturated carbocycles. The Morgan fingerprint density at radius 3 is 2.90 bits per heavy atom. The van der Waals surface area contributed by atoms with Crippen LogP contribution < -0.4 is 15.5 Å². The average molecular weight is 411 g/mol. The van der Waals surface area contributed by atoms with Gasteiger partial charge in [-0.15, -0.1) is 11.3 Å². The highest BCUT2D eigenvalue weighted by Gasteiger charge is 2.22. The standard InChI is InChI=1S/C21H26N6OS/c1-5-18(28)25-15-10-13(6-7-16(15)26(2)3)24-20-19-14-8-9-27(4)11-17(14)29-21(19)23-12-22-20/h6-7,10,12H,5,8-9,11H2,1-4H3,(H,25,28)(H,22,23,24). The molecule has 3 aromatic rings. The molecule has 0 fully saturated rings. The Hall–Kier alpha value is -2.71. The van der Waals surface area contributed by atoms with Gasteiger partial charge in [0.1, 0.15) is 17.0 Å². The number of benzene rings is 1. The van der Waals surface area contributed by atoms with Crippen LogP contribution in [0.4, 0.5) is 22.9 Å². The van der Waals surface area contributed by atoms with Crippen LogP contribution in [0.15, 0.2) is 24.5 Å². The van der Waals surface area contributed by atoms with Crippen LogP contribution in [-0.4, -0.2) is 48.5 Å². The predicted molar refractivity (Wildman–Crippen MR) is 120 cm³/mol. The number of rotatable bonds is 5. The molecule has 29 heavy (non-hydrogen) atoms. The molecule has 3 heterocycles. The number of nitrogens with one attached hydrogen (secondary N) is 2. The van der Waals surface area contributed by atoms with Gasteiger partial charge in [0, 0.05) is 44.2 Å². The summed E-state index contributed by atoms with van der Waals surface area (Å²) in [5.74, 6) is 0.813. The van der Waals surface area contributed by atoms with Gasteiger partial charge < -0.3 is 20.4 Å². The summed E-state index contributed by atoms with van der Waals surface area (Å²) in [6, 6.07) is 5.98. The van der Waals surface area contributed by atoms with Crippen molar-refractivity contribution in [2.45, 2.75) is 26.3 Å². The molecule has 2 N–H and O–H groups in total. The van der Waals surface area contributed by atoms with Crippen molar-refractivity contribution in [2.75, 3.05) is 43.2 Å². The summed E-state index contributed by atoms with van der Waals surface area (Å²) in [6.45, 7) is 3.85. The van der Waals surface area contributed by atoms with Crippen molar-refractivity contribution in [3.63, 3.8) is 0 Å². The van der Waals surface area contributed by atoms with E-state index in [9.17, 15) is 4.79 Å². The number of likely N-dealkylation sites (N-methyl/N-ethyl adjacent to an activating group) is 1. The van der Waals surface area contributed by atoms with E-state index in [2.05, 4.69) is 32.5 Å². The van der Waals surface area contributed by atoms with E-state index in [1.807, 2.05) is 44.1 Å². The van der Waals surface area contributed by atoms with E-state index in [1.54, 1.807) is 17.7 Å². The third-order valence-corrected chi connectivity index (χ3v) is 6.29. The first-order valence-electron chi connectivity index (χ1n) is 9.78. The average Bonchev–Trinajstić information content (AvgIpc) is 3.06. The molecule has 0 bridgehead atoms. The molecule has 0 saturated heterocycles. The third kappa shape index (κ3) is 3.90. The van der Waals surface area contributed by atoms with Crippen LogP contribution in [0.5, 0.6) is 0 Å². The Morgan fingerprint density at radius 2 is 2.14 bits per heavy atom. The highest BCUT2D eigenvalue weighted by atomic mass is 32.1.